The van der Waals surface area contributed by atoms with Crippen LogP contribution in [0.25, 0.3) is 0 Å². The summed E-state index contributed by atoms with van der Waals surface area (Å²) >= 11 is 2.69. The maximum atomic E-state index is 12.0. The van der Waals surface area contributed by atoms with Crippen LogP contribution in [-0.4, -0.2) is 17.3 Å². The maximum Gasteiger partial charge on any atom is 0.400 e. The molecule has 66 valence electrons. The molecule has 1 nitrogen and oxygen atoms in total. The number of carbonyl (C=O) groups is 1. The van der Waals surface area contributed by atoms with Gasteiger partial charge in [-0.1, -0.05) is 15.9 Å². The smallest absolute Gasteiger partial charge is 0.298 e. The van der Waals surface area contributed by atoms with Crippen molar-refractivity contribution in [1.29, 1.82) is 0 Å². The third kappa shape index (κ3) is 2.18. The largest absolute Gasteiger partial charge is 0.400 e. The summed E-state index contributed by atoms with van der Waals surface area (Å²) < 4.78 is 36.1. The van der Waals surface area contributed by atoms with E-state index in [0.29, 0.717) is 0 Å². The van der Waals surface area contributed by atoms with Gasteiger partial charge in [0.1, 0.15) is 5.41 Å². The average Bonchev–Trinajstić information content (AvgIpc) is 1.83. The number of hydrogen-bond donors (Lipinski definition) is 0. The highest BCUT2D eigenvalue weighted by atomic mass is 79.9. The molecule has 0 aliphatic carbocycles. The molecule has 0 aromatic rings. The Labute approximate surface area is 71.1 Å². The SMILES string of the molecule is CC(C)(C(=O)CBr)C(F)(F)F. The molecule has 0 saturated carbocycles. The molecule has 0 heterocycles. The number of halogens is 4. The molecule has 0 aliphatic heterocycles. The van der Waals surface area contributed by atoms with E-state index in [0.717, 1.165) is 13.8 Å². The molecule has 0 radical (unpaired) electrons. The third-order valence-corrected chi connectivity index (χ3v) is 2.04. The Morgan fingerprint density at radius 3 is 1.82 bits per heavy atom. The first-order chi connectivity index (χ1) is 4.73. The summed E-state index contributed by atoms with van der Waals surface area (Å²) in [5.74, 6) is -0.856. The minimum Gasteiger partial charge on any atom is -0.298 e. The van der Waals surface area contributed by atoms with Crippen molar-refractivity contribution in [3.63, 3.8) is 0 Å². The van der Waals surface area contributed by atoms with Crippen molar-refractivity contribution >= 4 is 21.7 Å². The van der Waals surface area contributed by atoms with E-state index in [1.165, 1.54) is 0 Å². The Morgan fingerprint density at radius 1 is 1.36 bits per heavy atom. The molecule has 0 aliphatic rings. The highest BCUT2D eigenvalue weighted by Crippen LogP contribution is 2.38. The van der Waals surface area contributed by atoms with E-state index in [-0.39, 0.29) is 5.33 Å². The first-order valence-electron chi connectivity index (χ1n) is 2.89. The summed E-state index contributed by atoms with van der Waals surface area (Å²) in [5, 5.41) is -0.264. The van der Waals surface area contributed by atoms with Crippen molar-refractivity contribution in [2.24, 2.45) is 5.41 Å². The molecule has 0 amide bonds. The third-order valence-electron chi connectivity index (χ3n) is 1.53. The zero-order valence-corrected chi connectivity index (χ0v) is 7.71. The Hall–Kier alpha value is -0.0600. The summed E-state index contributed by atoms with van der Waals surface area (Å²) in [7, 11) is 0. The Balaban J connectivity index is 4.59. The molecular weight excluding hydrogens is 225 g/mol. The maximum absolute atomic E-state index is 12.0. The summed E-state index contributed by atoms with van der Waals surface area (Å²) in [5.41, 5.74) is -2.24. The highest BCUT2D eigenvalue weighted by Gasteiger charge is 2.51. The molecule has 0 N–H and O–H groups in total. The molecule has 0 saturated heterocycles. The van der Waals surface area contributed by atoms with E-state index in [1.807, 2.05) is 0 Å². The normalized spacial score (nSPS) is 13.3. The Morgan fingerprint density at radius 2 is 1.73 bits per heavy atom. The minimum atomic E-state index is -4.46. The molecule has 0 unspecified atom stereocenters. The molecular formula is C6H8BrF3O. The monoisotopic (exact) mass is 232 g/mol. The zero-order chi connectivity index (χ0) is 9.28. The fraction of sp³-hybridized carbons (Fsp3) is 0.833. The fourth-order valence-corrected chi connectivity index (χ4v) is 1.03. The van der Waals surface area contributed by atoms with Gasteiger partial charge >= 0.3 is 6.18 Å². The standard InChI is InChI=1S/C6H8BrF3O/c1-5(2,4(11)3-7)6(8,9)10/h3H2,1-2H3. The average molecular weight is 233 g/mol. The second-order valence-corrected chi connectivity index (χ2v) is 3.24. The molecule has 0 bridgehead atoms. The van der Waals surface area contributed by atoms with Crippen LogP contribution in [0.5, 0.6) is 0 Å². The van der Waals surface area contributed by atoms with Gasteiger partial charge in [0.05, 0.1) is 5.33 Å². The second kappa shape index (κ2) is 3.13. The molecule has 0 rings (SSSR count). The summed E-state index contributed by atoms with van der Waals surface area (Å²) in [6.45, 7) is 1.74. The number of ketones is 1. The zero-order valence-electron chi connectivity index (χ0n) is 6.13. The van der Waals surface area contributed by atoms with Gasteiger partial charge in [0.2, 0.25) is 0 Å². The van der Waals surface area contributed by atoms with Crippen molar-refractivity contribution in [2.75, 3.05) is 5.33 Å². The van der Waals surface area contributed by atoms with E-state index >= 15 is 0 Å². The molecule has 0 aromatic carbocycles. The number of alkyl halides is 4. The van der Waals surface area contributed by atoms with Gasteiger partial charge in [0.25, 0.3) is 0 Å². The van der Waals surface area contributed by atoms with Crippen LogP contribution in [0.4, 0.5) is 13.2 Å². The molecule has 0 aromatic heterocycles. The van der Waals surface area contributed by atoms with Crippen LogP contribution < -0.4 is 0 Å². The summed E-state index contributed by atoms with van der Waals surface area (Å²) in [6.07, 6.45) is -4.46. The van der Waals surface area contributed by atoms with E-state index < -0.39 is 17.4 Å². The van der Waals surface area contributed by atoms with Crippen LogP contribution in [0.2, 0.25) is 0 Å². The van der Waals surface area contributed by atoms with Crippen LogP contribution in [0.3, 0.4) is 0 Å². The fourth-order valence-electron chi connectivity index (χ4n) is 0.325. The highest BCUT2D eigenvalue weighted by molar-refractivity contribution is 9.09. The van der Waals surface area contributed by atoms with Gasteiger partial charge in [-0.2, -0.15) is 13.2 Å². The van der Waals surface area contributed by atoms with Crippen molar-refractivity contribution in [3.8, 4) is 0 Å². The number of Topliss-reactive ketones (excluding diaryl/α,β-unsaturated/α-hetero) is 1. The van der Waals surface area contributed by atoms with Crippen molar-refractivity contribution < 1.29 is 18.0 Å². The number of rotatable bonds is 2. The van der Waals surface area contributed by atoms with Gasteiger partial charge in [0, 0.05) is 0 Å². The summed E-state index contributed by atoms with van der Waals surface area (Å²) in [6, 6.07) is 0. The van der Waals surface area contributed by atoms with Gasteiger partial charge in [-0.15, -0.1) is 0 Å². The van der Waals surface area contributed by atoms with Gasteiger partial charge < -0.3 is 0 Å². The molecule has 0 fully saturated rings. The predicted molar refractivity (Wildman–Crippen MR) is 38.6 cm³/mol. The molecule has 5 heteroatoms. The first-order valence-corrected chi connectivity index (χ1v) is 4.01. The number of hydrogen-bond acceptors (Lipinski definition) is 1. The van der Waals surface area contributed by atoms with Crippen LogP contribution in [0.15, 0.2) is 0 Å². The topological polar surface area (TPSA) is 17.1 Å². The molecule has 0 atom stereocenters. The summed E-state index contributed by atoms with van der Waals surface area (Å²) in [4.78, 5) is 10.7. The van der Waals surface area contributed by atoms with Crippen LogP contribution in [-0.2, 0) is 4.79 Å². The van der Waals surface area contributed by atoms with Crippen molar-refractivity contribution in [2.45, 2.75) is 20.0 Å². The van der Waals surface area contributed by atoms with E-state index in [9.17, 15) is 18.0 Å². The van der Waals surface area contributed by atoms with Gasteiger partial charge in [-0.25, -0.2) is 0 Å². The predicted octanol–water partition coefficient (Wildman–Crippen LogP) is 2.54. The first kappa shape index (κ1) is 10.9. The Bertz CT molecular complexity index is 162. The minimum absolute atomic E-state index is 0.264. The lowest BCUT2D eigenvalue weighted by molar-refractivity contribution is -0.208. The lowest BCUT2D eigenvalue weighted by atomic mass is 9.88. The van der Waals surface area contributed by atoms with Crippen LogP contribution >= 0.6 is 15.9 Å². The lowest BCUT2D eigenvalue weighted by Crippen LogP contribution is -2.40. The van der Waals surface area contributed by atoms with E-state index in [4.69, 9.17) is 0 Å². The van der Waals surface area contributed by atoms with Gasteiger partial charge in [-0.3, -0.25) is 4.79 Å². The van der Waals surface area contributed by atoms with Gasteiger partial charge in [0.15, 0.2) is 5.78 Å². The number of carbonyl (C=O) groups excluding carboxylic acids is 1. The van der Waals surface area contributed by atoms with Gasteiger partial charge in [-0.05, 0) is 13.8 Å². The molecule has 0 spiro atoms. The molecule has 11 heavy (non-hydrogen) atoms. The van der Waals surface area contributed by atoms with E-state index in [1.54, 1.807) is 0 Å². The quantitative estimate of drug-likeness (QED) is 0.669. The van der Waals surface area contributed by atoms with Crippen molar-refractivity contribution in [1.82, 2.24) is 0 Å². The van der Waals surface area contributed by atoms with Crippen LogP contribution in [0.1, 0.15) is 13.8 Å². The van der Waals surface area contributed by atoms with Crippen LogP contribution in [0, 0.1) is 5.41 Å². The Kier molecular flexibility index (Phi) is 3.11. The van der Waals surface area contributed by atoms with Crippen molar-refractivity contribution in [3.05, 3.63) is 0 Å². The lowest BCUT2D eigenvalue weighted by Gasteiger charge is -2.24. The second-order valence-electron chi connectivity index (χ2n) is 2.68. The van der Waals surface area contributed by atoms with E-state index in [2.05, 4.69) is 15.9 Å².